The van der Waals surface area contributed by atoms with E-state index in [9.17, 15) is 29.7 Å². The van der Waals surface area contributed by atoms with Crippen LogP contribution < -0.4 is 0 Å². The van der Waals surface area contributed by atoms with Gasteiger partial charge in [0.15, 0.2) is 18.7 Å². The lowest BCUT2D eigenvalue weighted by Gasteiger charge is -2.50. The fourth-order valence-corrected chi connectivity index (χ4v) is 7.44. The van der Waals surface area contributed by atoms with Crippen molar-refractivity contribution in [2.75, 3.05) is 21.2 Å². The molecule has 3 heterocycles. The number of likely N-dealkylation sites (N-methyl/N-ethyl adjacent to an activating group) is 1. The second kappa shape index (κ2) is 21.1. The van der Waals surface area contributed by atoms with Crippen LogP contribution in [0.3, 0.4) is 0 Å². The summed E-state index contributed by atoms with van der Waals surface area (Å²) >= 11 is 0. The highest BCUT2D eigenvalue weighted by molar-refractivity contribution is 5.82. The summed E-state index contributed by atoms with van der Waals surface area (Å²) < 4.78 is 42.5. The van der Waals surface area contributed by atoms with Crippen LogP contribution in [0, 0.1) is 17.8 Å². The predicted molar refractivity (Wildman–Crippen MR) is 199 cm³/mol. The number of hydrogen-bond acceptors (Lipinski definition) is 14. The Labute approximate surface area is 320 Å². The topological polar surface area (TPSA) is 180 Å². The number of carbonyl (C=O) groups excluding carboxylic acids is 3. The minimum absolute atomic E-state index is 0.00954. The summed E-state index contributed by atoms with van der Waals surface area (Å²) in [5, 5.41) is 34.3. The van der Waals surface area contributed by atoms with E-state index < -0.39 is 97.0 Å². The Hall–Kier alpha value is -2.53. The summed E-state index contributed by atoms with van der Waals surface area (Å²) in [5.41, 5.74) is -1.46. The van der Waals surface area contributed by atoms with E-state index in [4.69, 9.17) is 33.2 Å². The molecule has 2 saturated heterocycles. The Balaban J connectivity index is 1.89. The molecule has 0 bridgehead atoms. The number of hydrogen-bond donors (Lipinski definition) is 3. The van der Waals surface area contributed by atoms with Crippen LogP contribution in [0.1, 0.15) is 80.6 Å². The Morgan fingerprint density at radius 3 is 2.37 bits per heavy atom. The second-order valence-electron chi connectivity index (χ2n) is 15.9. The Bertz CT molecular complexity index is 1280. The van der Waals surface area contributed by atoms with Gasteiger partial charge in [0.05, 0.1) is 30.5 Å². The van der Waals surface area contributed by atoms with Gasteiger partial charge in [0.2, 0.25) is 0 Å². The summed E-state index contributed by atoms with van der Waals surface area (Å²) in [6.07, 6.45) is 2.06. The van der Waals surface area contributed by atoms with Crippen molar-refractivity contribution >= 4 is 18.2 Å². The van der Waals surface area contributed by atoms with Crippen molar-refractivity contribution in [1.29, 1.82) is 0 Å². The quantitative estimate of drug-likeness (QED) is 0.206. The van der Waals surface area contributed by atoms with Crippen molar-refractivity contribution in [2.45, 2.75) is 160 Å². The van der Waals surface area contributed by atoms with Crippen molar-refractivity contribution in [3.63, 3.8) is 0 Å². The number of methoxy groups -OCH3 is 1. The van der Waals surface area contributed by atoms with Gasteiger partial charge in [-0.2, -0.15) is 0 Å². The molecule has 308 valence electrons. The van der Waals surface area contributed by atoms with Crippen molar-refractivity contribution in [3.8, 4) is 0 Å². The molecule has 3 aliphatic rings. The van der Waals surface area contributed by atoms with Gasteiger partial charge >= 0.3 is 11.9 Å². The number of aliphatic hydroxyl groups excluding tert-OH is 2. The third-order valence-corrected chi connectivity index (χ3v) is 10.3. The number of ether oxygens (including phenoxy) is 7. The van der Waals surface area contributed by atoms with Gasteiger partial charge in [-0.15, -0.1) is 0 Å². The molecule has 0 aromatic carbocycles. The van der Waals surface area contributed by atoms with Crippen molar-refractivity contribution in [1.82, 2.24) is 4.90 Å². The Morgan fingerprint density at radius 2 is 1.76 bits per heavy atom. The molecule has 14 nitrogen and oxygen atoms in total. The lowest BCUT2D eigenvalue weighted by molar-refractivity contribution is -0.342. The first kappa shape index (κ1) is 45.9. The van der Waals surface area contributed by atoms with Gasteiger partial charge in [-0.1, -0.05) is 45.1 Å². The normalized spacial score (nSPS) is 41.9. The minimum atomic E-state index is -1.46. The van der Waals surface area contributed by atoms with Gasteiger partial charge in [0.25, 0.3) is 0 Å². The Kier molecular flexibility index (Phi) is 17.9. The first-order chi connectivity index (χ1) is 25.4. The second-order valence-corrected chi connectivity index (χ2v) is 15.9. The summed E-state index contributed by atoms with van der Waals surface area (Å²) in [4.78, 5) is 39.1. The molecule has 3 aliphatic heterocycles. The maximum absolute atomic E-state index is 12.8. The van der Waals surface area contributed by atoms with Crippen LogP contribution in [0.15, 0.2) is 36.5 Å². The number of aliphatic hydroxyl groups is 3. The molecule has 54 heavy (non-hydrogen) atoms. The van der Waals surface area contributed by atoms with Crippen LogP contribution in [0.5, 0.6) is 0 Å². The molecule has 2 fully saturated rings. The van der Waals surface area contributed by atoms with Crippen LogP contribution in [-0.2, 0) is 47.5 Å². The van der Waals surface area contributed by atoms with Crippen molar-refractivity contribution in [3.05, 3.63) is 36.5 Å². The van der Waals surface area contributed by atoms with Crippen LogP contribution in [-0.4, -0.2) is 139 Å². The van der Waals surface area contributed by atoms with E-state index in [1.54, 1.807) is 64.9 Å². The summed E-state index contributed by atoms with van der Waals surface area (Å²) in [5.74, 6) is -1.75. The highest BCUT2D eigenvalue weighted by Crippen LogP contribution is 2.37. The van der Waals surface area contributed by atoms with Crippen LogP contribution >= 0.6 is 0 Å². The van der Waals surface area contributed by atoms with Gasteiger partial charge in [0, 0.05) is 38.9 Å². The van der Waals surface area contributed by atoms with E-state index in [1.165, 1.54) is 19.3 Å². The molecule has 0 aromatic rings. The Morgan fingerprint density at radius 1 is 1.06 bits per heavy atom. The zero-order valence-electron chi connectivity index (χ0n) is 33.6. The molecule has 0 aromatic heterocycles. The number of carbonyl (C=O) groups is 3. The first-order valence-corrected chi connectivity index (χ1v) is 19.1. The SMILES string of the molecule is CO[C@H]1/C=C/C(=O)O[C@H](C)C/C=C/C=C/[C@H](O)[C@H](C)CC(CC=O)[C@@H]1O[C@@H]1O[C@H](C)[C@@H](O[C@H]2C[C@@](C)(O)[C@@H](OC(=O)CC(C)C)[C@H](C)O2)[C@H](N(C)C)[C@H]1O. The smallest absolute Gasteiger partial charge is 0.330 e. The minimum Gasteiger partial charge on any atom is -0.459 e. The fraction of sp³-hybridized carbons (Fsp3) is 0.775. The highest BCUT2D eigenvalue weighted by atomic mass is 16.7. The maximum Gasteiger partial charge on any atom is 0.330 e. The average Bonchev–Trinajstić information content (AvgIpc) is 3.06. The average molecular weight is 768 g/mol. The molecule has 0 spiro atoms. The van der Waals surface area contributed by atoms with Gasteiger partial charge in [-0.25, -0.2) is 4.79 Å². The number of cyclic esters (lactones) is 1. The van der Waals surface area contributed by atoms with E-state index in [0.717, 1.165) is 6.29 Å². The van der Waals surface area contributed by atoms with Crippen LogP contribution in [0.4, 0.5) is 0 Å². The van der Waals surface area contributed by atoms with E-state index in [0.29, 0.717) is 12.8 Å². The molecule has 0 radical (unpaired) electrons. The monoisotopic (exact) mass is 767 g/mol. The zero-order chi connectivity index (χ0) is 40.3. The van der Waals surface area contributed by atoms with E-state index >= 15 is 0 Å². The number of rotatable bonds is 11. The van der Waals surface area contributed by atoms with E-state index in [2.05, 4.69) is 0 Å². The predicted octanol–water partition coefficient (Wildman–Crippen LogP) is 3.25. The van der Waals surface area contributed by atoms with Crippen molar-refractivity contribution in [2.24, 2.45) is 17.8 Å². The zero-order valence-corrected chi connectivity index (χ0v) is 33.6. The van der Waals surface area contributed by atoms with Gasteiger partial charge < -0.3 is 58.2 Å². The van der Waals surface area contributed by atoms with Crippen molar-refractivity contribution < 1.29 is 62.9 Å². The third kappa shape index (κ3) is 13.0. The largest absolute Gasteiger partial charge is 0.459 e. The van der Waals surface area contributed by atoms with E-state index in [-0.39, 0.29) is 31.1 Å². The number of nitrogens with zero attached hydrogens (tertiary/aromatic N) is 1. The number of esters is 2. The third-order valence-electron chi connectivity index (χ3n) is 10.3. The molecular formula is C40H65NO13. The summed E-state index contributed by atoms with van der Waals surface area (Å²) in [6.45, 7) is 12.5. The molecule has 3 N–H and O–H groups in total. The standard InChI is InChI=1S/C40H65NO13/c1-23(2)20-32(45)52-38-27(6)50-33(22-40(38,7)47)53-36-26(5)51-39(35(46)34(36)41(8)9)54-37-28(18-19-42)21-24(3)29(43)15-13-11-12-14-25(4)49-31(44)17-16-30(37)48-10/h11-13,15-17,19,23-30,33-39,43,46-47H,14,18,20-22H2,1-10H3/b12-11+,15-13+,17-16+/t24-,25-,26-,27+,28?,29+,30+,33+,34-,35-,36-,37+,38+,39+,40-/m1/s1. The molecule has 0 saturated carbocycles. The first-order valence-electron chi connectivity index (χ1n) is 19.1. The lowest BCUT2D eigenvalue weighted by atomic mass is 9.83. The molecule has 0 aliphatic carbocycles. The molecule has 3 rings (SSSR count). The van der Waals surface area contributed by atoms with Gasteiger partial charge in [-0.3, -0.25) is 4.79 Å². The van der Waals surface area contributed by atoms with Crippen LogP contribution in [0.25, 0.3) is 0 Å². The highest BCUT2D eigenvalue weighted by Gasteiger charge is 2.52. The summed E-state index contributed by atoms with van der Waals surface area (Å²) in [7, 11) is 5.01. The maximum atomic E-state index is 12.8. The molecular weight excluding hydrogens is 702 g/mol. The van der Waals surface area contributed by atoms with Gasteiger partial charge in [0.1, 0.15) is 36.3 Å². The number of aldehydes is 1. The molecule has 0 amide bonds. The number of allylic oxidation sites excluding steroid dienone is 2. The van der Waals surface area contributed by atoms with Crippen LogP contribution in [0.2, 0.25) is 0 Å². The molecule has 14 heteroatoms. The van der Waals surface area contributed by atoms with Gasteiger partial charge in [-0.05, 0) is 72.0 Å². The molecule has 1 unspecified atom stereocenters. The lowest BCUT2D eigenvalue weighted by Crippen LogP contribution is -2.65. The summed E-state index contributed by atoms with van der Waals surface area (Å²) in [6, 6.07) is -0.702. The van der Waals surface area contributed by atoms with E-state index in [1.807, 2.05) is 26.8 Å². The molecule has 15 atom stereocenters. The fourth-order valence-electron chi connectivity index (χ4n) is 7.44.